The third-order valence-electron chi connectivity index (χ3n) is 6.81. The van der Waals surface area contributed by atoms with Crippen LogP contribution in [-0.4, -0.2) is 46.6 Å². The molecule has 1 aromatic rings. The highest BCUT2D eigenvalue weighted by atomic mass is 79.9. The van der Waals surface area contributed by atoms with Crippen LogP contribution in [0.25, 0.3) is 0 Å². The summed E-state index contributed by atoms with van der Waals surface area (Å²) in [7, 11) is 1.09. The first kappa shape index (κ1) is 21.7. The highest BCUT2D eigenvalue weighted by molar-refractivity contribution is 9.12. The van der Waals surface area contributed by atoms with Crippen LogP contribution in [0.4, 0.5) is 4.79 Å². The summed E-state index contributed by atoms with van der Waals surface area (Å²) < 4.78 is 10.5. The maximum atomic E-state index is 13.2. The zero-order chi connectivity index (χ0) is 23.6. The van der Waals surface area contributed by atoms with Gasteiger partial charge in [0.05, 0.1) is 29.3 Å². The number of ketones is 2. The van der Waals surface area contributed by atoms with E-state index in [9.17, 15) is 29.1 Å². The Morgan fingerprint density at radius 3 is 2.64 bits per heavy atom. The second kappa shape index (κ2) is 7.74. The number of fused-ring (bicyclic) bond motifs is 3. The maximum absolute atomic E-state index is 13.2. The molecule has 1 saturated heterocycles. The quantitative estimate of drug-likeness (QED) is 0.360. The van der Waals surface area contributed by atoms with Crippen LogP contribution < -0.4 is 0 Å². The van der Waals surface area contributed by atoms with Crippen LogP contribution in [-0.2, 0) is 30.5 Å². The number of imide groups is 3. The van der Waals surface area contributed by atoms with Gasteiger partial charge in [-0.3, -0.25) is 19.2 Å². The number of amides is 3. The summed E-state index contributed by atoms with van der Waals surface area (Å²) in [6, 6.07) is 3.21. The second-order valence-corrected chi connectivity index (χ2v) is 9.19. The molecule has 170 valence electrons. The number of ether oxygens (including phenoxy) is 1. The van der Waals surface area contributed by atoms with Crippen molar-refractivity contribution in [3.8, 4) is 0 Å². The Hall–Kier alpha value is -3.11. The molecule has 1 aromatic heterocycles. The van der Waals surface area contributed by atoms with E-state index >= 15 is 0 Å². The first-order valence-electron chi connectivity index (χ1n) is 10.3. The lowest BCUT2D eigenvalue weighted by molar-refractivity contribution is -0.137. The lowest BCUT2D eigenvalue weighted by Gasteiger charge is -2.41. The third-order valence-corrected chi connectivity index (χ3v) is 7.40. The van der Waals surface area contributed by atoms with E-state index in [2.05, 4.69) is 20.7 Å². The number of carbonyl (C=O) groups excluding carboxylic acids is 5. The summed E-state index contributed by atoms with van der Waals surface area (Å²) in [5, 5.41) is 9.45. The summed E-state index contributed by atoms with van der Waals surface area (Å²) in [6.45, 7) is -0.342. The Bertz CT molecular complexity index is 1230. The Balaban J connectivity index is 1.66. The van der Waals surface area contributed by atoms with E-state index in [1.807, 2.05) is 0 Å². The molecule has 0 saturated carbocycles. The molecule has 0 radical (unpaired) electrons. The molecule has 0 unspecified atom stereocenters. The first-order chi connectivity index (χ1) is 15.8. The summed E-state index contributed by atoms with van der Waals surface area (Å²) in [5.74, 6) is -4.33. The van der Waals surface area contributed by atoms with E-state index in [0.717, 1.165) is 7.11 Å². The van der Waals surface area contributed by atoms with Crippen molar-refractivity contribution in [2.24, 2.45) is 17.8 Å². The van der Waals surface area contributed by atoms with E-state index in [-0.39, 0.29) is 46.6 Å². The molecule has 0 aromatic carbocycles. The lowest BCUT2D eigenvalue weighted by Crippen LogP contribution is -2.40. The number of aliphatic hydroxyl groups excluding tert-OH is 1. The number of hydrogen-bond donors (Lipinski definition) is 1. The number of likely N-dealkylation sites (tertiary alicyclic amines) is 1. The van der Waals surface area contributed by atoms with E-state index in [0.29, 0.717) is 22.0 Å². The van der Waals surface area contributed by atoms with E-state index in [4.69, 9.17) is 4.42 Å². The van der Waals surface area contributed by atoms with Gasteiger partial charge in [-0.2, -0.15) is 4.90 Å². The number of rotatable bonds is 2. The van der Waals surface area contributed by atoms with Crippen molar-refractivity contribution in [3.63, 3.8) is 0 Å². The van der Waals surface area contributed by atoms with Crippen molar-refractivity contribution in [2.75, 3.05) is 7.11 Å². The maximum Gasteiger partial charge on any atom is 0.423 e. The van der Waals surface area contributed by atoms with Crippen LogP contribution in [0.1, 0.15) is 30.3 Å². The molecule has 2 heterocycles. The van der Waals surface area contributed by atoms with Gasteiger partial charge in [-0.1, -0.05) is 11.6 Å². The van der Waals surface area contributed by atoms with Crippen LogP contribution in [0.5, 0.6) is 0 Å². The molecule has 33 heavy (non-hydrogen) atoms. The average molecular weight is 516 g/mol. The molecule has 10 heteroatoms. The van der Waals surface area contributed by atoms with Gasteiger partial charge in [0, 0.05) is 17.2 Å². The second-order valence-electron chi connectivity index (χ2n) is 8.34. The molecule has 5 rings (SSSR count). The van der Waals surface area contributed by atoms with Gasteiger partial charge in [0.1, 0.15) is 18.1 Å². The first-order valence-corrected chi connectivity index (χ1v) is 11.1. The van der Waals surface area contributed by atoms with Crippen LogP contribution >= 0.6 is 15.9 Å². The minimum absolute atomic E-state index is 0.0773. The van der Waals surface area contributed by atoms with Crippen LogP contribution in [0.2, 0.25) is 0 Å². The molecular formula is C23H18BrNO8. The smallest absolute Gasteiger partial charge is 0.423 e. The topological polar surface area (TPSA) is 131 Å². The number of carbonyl (C=O) groups is 5. The molecule has 0 bridgehead atoms. The van der Waals surface area contributed by atoms with Gasteiger partial charge in [0.25, 0.3) is 0 Å². The van der Waals surface area contributed by atoms with Crippen molar-refractivity contribution >= 4 is 45.4 Å². The summed E-state index contributed by atoms with van der Waals surface area (Å²) in [4.78, 5) is 64.7. The summed E-state index contributed by atoms with van der Waals surface area (Å²) >= 11 is 3.15. The minimum Gasteiger partial charge on any atom is -0.463 e. The van der Waals surface area contributed by atoms with Crippen molar-refractivity contribution in [1.82, 2.24) is 4.90 Å². The summed E-state index contributed by atoms with van der Waals surface area (Å²) in [5.41, 5.74) is 1.21. The number of nitrogens with zero attached hydrogens (tertiary/aromatic N) is 1. The average Bonchev–Trinajstić information content (AvgIpc) is 3.38. The summed E-state index contributed by atoms with van der Waals surface area (Å²) in [6.07, 6.45) is 2.26. The Kier molecular flexibility index (Phi) is 5.09. The monoisotopic (exact) mass is 515 g/mol. The molecular weight excluding hydrogens is 498 g/mol. The molecule has 3 aliphatic carbocycles. The van der Waals surface area contributed by atoms with Gasteiger partial charge < -0.3 is 14.3 Å². The number of furan rings is 1. The van der Waals surface area contributed by atoms with Gasteiger partial charge in [-0.05, 0) is 46.8 Å². The van der Waals surface area contributed by atoms with Gasteiger partial charge in [0.15, 0.2) is 11.6 Å². The molecule has 1 fully saturated rings. The standard InChI is InChI=1S/C23H18BrNO8/c1-32-23(31)25-21(29)11-4-3-10-12(17(11)22(25)30)6-13-18(15(27)7-14(24)20(13)28)19(10)16-5-2-9(8-26)33-16/h2-3,5,7,11-12,17,19,26H,4,6,8H2,1H3/t11-,12+,17-,19+/m0/s1. The number of hydrogen-bond acceptors (Lipinski definition) is 8. The zero-order valence-electron chi connectivity index (χ0n) is 17.4. The number of methoxy groups -OCH3 is 1. The highest BCUT2D eigenvalue weighted by Crippen LogP contribution is 2.55. The molecule has 9 nitrogen and oxygen atoms in total. The molecule has 3 amide bonds. The Morgan fingerprint density at radius 2 is 1.97 bits per heavy atom. The lowest BCUT2D eigenvalue weighted by atomic mass is 9.60. The molecule has 1 N–H and O–H groups in total. The van der Waals surface area contributed by atoms with E-state index in [1.165, 1.54) is 6.08 Å². The van der Waals surface area contributed by atoms with Crippen molar-refractivity contribution < 1.29 is 38.2 Å². The number of allylic oxidation sites excluding steroid dienone is 6. The normalized spacial score (nSPS) is 28.9. The zero-order valence-corrected chi connectivity index (χ0v) is 19.0. The van der Waals surface area contributed by atoms with Gasteiger partial charge in [-0.25, -0.2) is 4.79 Å². The SMILES string of the molecule is COC(=O)N1C(=O)[C@H]2[C@H](CC=C3[C@H](c4ccc(CO)o4)C4=C(C[C@H]32)C(=O)C(Br)=CC4=O)C1=O. The third kappa shape index (κ3) is 3.04. The van der Waals surface area contributed by atoms with E-state index < -0.39 is 41.6 Å². The fourth-order valence-corrected chi connectivity index (χ4v) is 5.89. The van der Waals surface area contributed by atoms with Crippen LogP contribution in [0.3, 0.4) is 0 Å². The van der Waals surface area contributed by atoms with E-state index in [1.54, 1.807) is 18.2 Å². The van der Waals surface area contributed by atoms with Crippen molar-refractivity contribution in [2.45, 2.75) is 25.4 Å². The number of halogens is 1. The molecule has 0 spiro atoms. The highest BCUT2D eigenvalue weighted by Gasteiger charge is 2.58. The predicted molar refractivity (Wildman–Crippen MR) is 113 cm³/mol. The van der Waals surface area contributed by atoms with Gasteiger partial charge >= 0.3 is 6.09 Å². The molecule has 4 atom stereocenters. The molecule has 4 aliphatic rings. The van der Waals surface area contributed by atoms with Crippen LogP contribution in [0, 0.1) is 17.8 Å². The Labute approximate surface area is 195 Å². The molecule has 1 aliphatic heterocycles. The van der Waals surface area contributed by atoms with Crippen molar-refractivity contribution in [3.05, 3.63) is 57.0 Å². The fraction of sp³-hybridized carbons (Fsp3) is 0.348. The predicted octanol–water partition coefficient (Wildman–Crippen LogP) is 2.30. The van der Waals surface area contributed by atoms with Crippen molar-refractivity contribution in [1.29, 1.82) is 0 Å². The van der Waals surface area contributed by atoms with Crippen LogP contribution in [0.15, 0.2) is 49.9 Å². The largest absolute Gasteiger partial charge is 0.463 e. The Morgan fingerprint density at radius 1 is 1.21 bits per heavy atom. The van der Waals surface area contributed by atoms with Gasteiger partial charge in [0.2, 0.25) is 11.8 Å². The fourth-order valence-electron chi connectivity index (χ4n) is 5.44. The number of Topliss-reactive ketones (excluding diaryl/α,β-unsaturated/α-hetero) is 1. The van der Waals surface area contributed by atoms with Gasteiger partial charge in [-0.15, -0.1) is 0 Å². The minimum atomic E-state index is -1.04. The number of aliphatic hydroxyl groups is 1.